The predicted octanol–water partition coefficient (Wildman–Crippen LogP) is 4.37. The number of piperidine rings is 1. The molecule has 0 bridgehead atoms. The Bertz CT molecular complexity index is 1290. The van der Waals surface area contributed by atoms with Gasteiger partial charge in [0.2, 0.25) is 0 Å². The summed E-state index contributed by atoms with van der Waals surface area (Å²) in [4.78, 5) is 8.46. The van der Waals surface area contributed by atoms with E-state index in [9.17, 15) is 17.6 Å². The van der Waals surface area contributed by atoms with E-state index in [1.165, 1.54) is 30.6 Å². The fraction of sp³-hybridized carbons (Fsp3) is 0.381. The summed E-state index contributed by atoms with van der Waals surface area (Å²) in [6.45, 7) is 4.84. The van der Waals surface area contributed by atoms with Gasteiger partial charge in [-0.3, -0.25) is 9.50 Å². The molecule has 1 aliphatic heterocycles. The van der Waals surface area contributed by atoms with Gasteiger partial charge in [-0.25, -0.2) is 14.4 Å². The van der Waals surface area contributed by atoms with E-state index in [0.29, 0.717) is 6.54 Å². The summed E-state index contributed by atoms with van der Waals surface area (Å²) in [7, 11) is 0. The molecule has 1 aromatic carbocycles. The van der Waals surface area contributed by atoms with Gasteiger partial charge in [0.15, 0.2) is 17.2 Å². The van der Waals surface area contributed by atoms with E-state index in [0.717, 1.165) is 17.2 Å². The van der Waals surface area contributed by atoms with Gasteiger partial charge in [0.1, 0.15) is 22.7 Å². The van der Waals surface area contributed by atoms with Gasteiger partial charge in [0.05, 0.1) is 0 Å². The lowest BCUT2D eigenvalue weighted by Gasteiger charge is -2.36. The maximum atomic E-state index is 14.2. The SMILES string of the molecule is CC1(C)CC[C@H](Nc2nc(-c3n[nH]c4c(F)cccc34)c(C(F)(F)F)n3ccnc23)CN1. The van der Waals surface area contributed by atoms with Crippen molar-refractivity contribution in [3.05, 3.63) is 42.1 Å². The first kappa shape index (κ1) is 20.7. The standard InChI is InChI=1S/C21H21F4N7/c1-20(2)7-6-11(10-27-20)28-18-19-26-8-9-32(19)17(21(23,24)25)16(29-18)15-12-4-3-5-13(22)14(12)30-31-15/h3-5,8-9,11,27H,6-7,10H2,1-2H3,(H,28,29)(H,30,31)/t11-/m0/s1. The van der Waals surface area contributed by atoms with Crippen molar-refractivity contribution >= 4 is 22.4 Å². The molecular formula is C21H21F4N7. The van der Waals surface area contributed by atoms with Crippen LogP contribution in [-0.2, 0) is 6.18 Å². The molecule has 32 heavy (non-hydrogen) atoms. The molecule has 168 valence electrons. The largest absolute Gasteiger partial charge is 0.434 e. The van der Waals surface area contributed by atoms with Crippen LogP contribution in [0.2, 0.25) is 0 Å². The number of halogens is 4. The fourth-order valence-electron chi connectivity index (χ4n) is 4.15. The number of hydrogen-bond donors (Lipinski definition) is 3. The third-order valence-electron chi connectivity index (χ3n) is 5.87. The van der Waals surface area contributed by atoms with Crippen LogP contribution in [0.25, 0.3) is 27.9 Å². The van der Waals surface area contributed by atoms with Crippen molar-refractivity contribution in [1.82, 2.24) is 29.9 Å². The van der Waals surface area contributed by atoms with Gasteiger partial charge in [0, 0.05) is 35.9 Å². The lowest BCUT2D eigenvalue weighted by Crippen LogP contribution is -2.50. The number of hydrogen-bond acceptors (Lipinski definition) is 5. The van der Waals surface area contributed by atoms with Crippen LogP contribution in [0, 0.1) is 5.82 Å². The topological polar surface area (TPSA) is 82.9 Å². The first-order valence-electron chi connectivity index (χ1n) is 10.2. The predicted molar refractivity (Wildman–Crippen MR) is 112 cm³/mol. The Morgan fingerprint density at radius 2 is 2.03 bits per heavy atom. The van der Waals surface area contributed by atoms with E-state index in [-0.39, 0.29) is 39.6 Å². The lowest BCUT2D eigenvalue weighted by atomic mass is 9.91. The molecule has 0 radical (unpaired) electrons. The fourth-order valence-corrected chi connectivity index (χ4v) is 4.15. The lowest BCUT2D eigenvalue weighted by molar-refractivity contribution is -0.141. The van der Waals surface area contributed by atoms with Crippen molar-refractivity contribution < 1.29 is 17.6 Å². The summed E-state index contributed by atoms with van der Waals surface area (Å²) in [5.74, 6) is -0.384. The van der Waals surface area contributed by atoms with Crippen LogP contribution in [0.5, 0.6) is 0 Å². The van der Waals surface area contributed by atoms with Crippen LogP contribution >= 0.6 is 0 Å². The molecule has 0 amide bonds. The van der Waals surface area contributed by atoms with Crippen molar-refractivity contribution in [2.24, 2.45) is 0 Å². The van der Waals surface area contributed by atoms with Crippen LogP contribution in [0.15, 0.2) is 30.6 Å². The number of anilines is 1. The number of aromatic nitrogens is 5. The number of aromatic amines is 1. The van der Waals surface area contributed by atoms with Gasteiger partial charge < -0.3 is 10.6 Å². The molecule has 7 nitrogen and oxygen atoms in total. The van der Waals surface area contributed by atoms with Crippen LogP contribution in [-0.4, -0.2) is 42.7 Å². The number of imidazole rings is 1. The Labute approximate surface area is 180 Å². The molecule has 5 rings (SSSR count). The quantitative estimate of drug-likeness (QED) is 0.406. The van der Waals surface area contributed by atoms with Gasteiger partial charge in [-0.05, 0) is 32.8 Å². The molecule has 4 heterocycles. The van der Waals surface area contributed by atoms with E-state index >= 15 is 0 Å². The minimum Gasteiger partial charge on any atom is -0.363 e. The summed E-state index contributed by atoms with van der Waals surface area (Å²) in [5.41, 5.74) is -1.40. The van der Waals surface area contributed by atoms with Crippen LogP contribution in [0.4, 0.5) is 23.4 Å². The van der Waals surface area contributed by atoms with Crippen molar-refractivity contribution in [2.75, 3.05) is 11.9 Å². The number of para-hydroxylation sites is 1. The van der Waals surface area contributed by atoms with Gasteiger partial charge in [-0.1, -0.05) is 12.1 Å². The second-order valence-corrected chi connectivity index (χ2v) is 8.66. The van der Waals surface area contributed by atoms with Gasteiger partial charge in [-0.15, -0.1) is 0 Å². The van der Waals surface area contributed by atoms with E-state index in [4.69, 9.17) is 0 Å². The molecule has 1 saturated heterocycles. The second kappa shape index (κ2) is 7.16. The summed E-state index contributed by atoms with van der Waals surface area (Å²) < 4.78 is 57.6. The molecule has 0 aliphatic carbocycles. The zero-order chi connectivity index (χ0) is 22.7. The molecule has 4 aromatic rings. The Morgan fingerprint density at radius 3 is 2.75 bits per heavy atom. The molecule has 0 unspecified atom stereocenters. The number of benzene rings is 1. The number of H-pyrrole nitrogens is 1. The highest BCUT2D eigenvalue weighted by Gasteiger charge is 2.40. The Hall–Kier alpha value is -3.21. The van der Waals surface area contributed by atoms with Gasteiger partial charge >= 0.3 is 6.18 Å². The highest BCUT2D eigenvalue weighted by Crippen LogP contribution is 2.39. The zero-order valence-electron chi connectivity index (χ0n) is 17.4. The highest BCUT2D eigenvalue weighted by atomic mass is 19.4. The van der Waals surface area contributed by atoms with E-state index < -0.39 is 23.4 Å². The summed E-state index contributed by atoms with van der Waals surface area (Å²) in [6.07, 6.45) is -0.486. The first-order valence-corrected chi connectivity index (χ1v) is 10.2. The molecule has 3 aromatic heterocycles. The van der Waals surface area contributed by atoms with Gasteiger partial charge in [0.25, 0.3) is 0 Å². The Balaban J connectivity index is 1.68. The Morgan fingerprint density at radius 1 is 1.22 bits per heavy atom. The average Bonchev–Trinajstić information content (AvgIpc) is 3.36. The molecule has 11 heteroatoms. The van der Waals surface area contributed by atoms with Crippen LogP contribution in [0.3, 0.4) is 0 Å². The monoisotopic (exact) mass is 447 g/mol. The number of alkyl halides is 3. The summed E-state index contributed by atoms with van der Waals surface area (Å²) in [5, 5.41) is 13.4. The molecule has 1 fully saturated rings. The average molecular weight is 447 g/mol. The third kappa shape index (κ3) is 3.46. The number of nitrogens with one attached hydrogen (secondary N) is 3. The van der Waals surface area contributed by atoms with E-state index in [2.05, 4.69) is 44.6 Å². The summed E-state index contributed by atoms with van der Waals surface area (Å²) >= 11 is 0. The minimum absolute atomic E-state index is 0.00241. The molecule has 0 saturated carbocycles. The molecule has 0 spiro atoms. The summed E-state index contributed by atoms with van der Waals surface area (Å²) in [6, 6.07) is 4.12. The zero-order valence-corrected chi connectivity index (χ0v) is 17.4. The van der Waals surface area contributed by atoms with Crippen molar-refractivity contribution in [2.45, 2.75) is 44.4 Å². The molecule has 1 atom stereocenters. The second-order valence-electron chi connectivity index (χ2n) is 8.66. The van der Waals surface area contributed by atoms with Crippen molar-refractivity contribution in [3.63, 3.8) is 0 Å². The van der Waals surface area contributed by atoms with Crippen molar-refractivity contribution in [3.8, 4) is 11.4 Å². The molecule has 3 N–H and O–H groups in total. The van der Waals surface area contributed by atoms with Crippen LogP contribution < -0.4 is 10.6 Å². The van der Waals surface area contributed by atoms with E-state index in [1.54, 1.807) is 0 Å². The smallest absolute Gasteiger partial charge is 0.363 e. The molecular weight excluding hydrogens is 426 g/mol. The normalized spacial score (nSPS) is 19.0. The number of rotatable bonds is 3. The minimum atomic E-state index is -4.74. The first-order chi connectivity index (χ1) is 15.1. The maximum Gasteiger partial charge on any atom is 0.434 e. The third-order valence-corrected chi connectivity index (χ3v) is 5.87. The van der Waals surface area contributed by atoms with E-state index in [1.807, 2.05) is 0 Å². The number of nitrogens with zero attached hydrogens (tertiary/aromatic N) is 4. The highest BCUT2D eigenvalue weighted by molar-refractivity contribution is 5.93. The van der Waals surface area contributed by atoms with Gasteiger partial charge in [-0.2, -0.15) is 18.3 Å². The maximum absolute atomic E-state index is 14.2. The van der Waals surface area contributed by atoms with Crippen molar-refractivity contribution in [1.29, 1.82) is 0 Å². The van der Waals surface area contributed by atoms with Crippen LogP contribution in [0.1, 0.15) is 32.4 Å². The molecule has 1 aliphatic rings. The Kier molecular flexibility index (Phi) is 4.63. The number of fused-ring (bicyclic) bond motifs is 2.